The minimum atomic E-state index is 0.651. The summed E-state index contributed by atoms with van der Waals surface area (Å²) in [6, 6.07) is 6.04. The van der Waals surface area contributed by atoms with E-state index < -0.39 is 0 Å². The first-order valence-corrected chi connectivity index (χ1v) is 6.05. The quantitative estimate of drug-likeness (QED) is 0.814. The molecule has 0 fully saturated rings. The summed E-state index contributed by atoms with van der Waals surface area (Å²) < 4.78 is 5.27. The number of nitrogens with zero attached hydrogens (tertiary/aromatic N) is 2. The molecule has 0 radical (unpaired) electrons. The van der Waals surface area contributed by atoms with Crippen LogP contribution in [0.2, 0.25) is 0 Å². The average molecular weight is 244 g/mol. The van der Waals surface area contributed by atoms with Crippen LogP contribution in [0.3, 0.4) is 0 Å². The Morgan fingerprint density at radius 1 is 1.29 bits per heavy atom. The second kappa shape index (κ2) is 4.56. The Labute approximate surface area is 104 Å². The summed E-state index contributed by atoms with van der Waals surface area (Å²) in [5.41, 5.74) is 5.66. The fourth-order valence-corrected chi connectivity index (χ4v) is 2.38. The first kappa shape index (κ1) is 11.6. The van der Waals surface area contributed by atoms with Crippen molar-refractivity contribution in [1.29, 1.82) is 5.26 Å². The van der Waals surface area contributed by atoms with Crippen molar-refractivity contribution in [3.8, 4) is 23.1 Å². The maximum atomic E-state index is 9.03. The largest absolute Gasteiger partial charge is 0.496 e. The highest BCUT2D eigenvalue weighted by Crippen LogP contribution is 2.32. The summed E-state index contributed by atoms with van der Waals surface area (Å²) in [4.78, 5) is 4.92. The molecule has 0 saturated carbocycles. The van der Waals surface area contributed by atoms with E-state index in [-0.39, 0.29) is 0 Å². The third-order valence-electron chi connectivity index (χ3n) is 2.88. The van der Waals surface area contributed by atoms with Crippen molar-refractivity contribution in [3.05, 3.63) is 33.6 Å². The topological polar surface area (TPSA) is 45.9 Å². The predicted octanol–water partition coefficient (Wildman–Crippen LogP) is 3.31. The number of hydrogen-bond donors (Lipinski definition) is 0. The fraction of sp³-hybridized carbons (Fsp3) is 0.231. The Kier molecular flexibility index (Phi) is 3.12. The van der Waals surface area contributed by atoms with Gasteiger partial charge in [0.2, 0.25) is 0 Å². The van der Waals surface area contributed by atoms with Gasteiger partial charge in [-0.05, 0) is 37.1 Å². The normalized spacial score (nSPS) is 10.0. The third kappa shape index (κ3) is 1.90. The van der Waals surface area contributed by atoms with Crippen LogP contribution in [-0.4, -0.2) is 12.1 Å². The fourth-order valence-electron chi connectivity index (χ4n) is 1.79. The number of hydrogen-bond acceptors (Lipinski definition) is 4. The minimum Gasteiger partial charge on any atom is -0.496 e. The predicted molar refractivity (Wildman–Crippen MR) is 68.3 cm³/mol. The first-order chi connectivity index (χ1) is 8.19. The lowest BCUT2D eigenvalue weighted by Gasteiger charge is -2.11. The highest BCUT2D eigenvalue weighted by atomic mass is 32.1. The van der Waals surface area contributed by atoms with Crippen LogP contribution in [0.25, 0.3) is 11.3 Å². The molecule has 86 valence electrons. The summed E-state index contributed by atoms with van der Waals surface area (Å²) in [7, 11) is 1.66. The monoisotopic (exact) mass is 244 g/mol. The summed E-state index contributed by atoms with van der Waals surface area (Å²) >= 11 is 1.37. The summed E-state index contributed by atoms with van der Waals surface area (Å²) in [5.74, 6) is 0.861. The molecule has 0 saturated heterocycles. The zero-order valence-electron chi connectivity index (χ0n) is 9.94. The molecule has 0 amide bonds. The van der Waals surface area contributed by atoms with Gasteiger partial charge in [-0.15, -0.1) is 11.3 Å². The molecule has 1 aromatic carbocycles. The Hall–Kier alpha value is -1.86. The van der Waals surface area contributed by atoms with Crippen molar-refractivity contribution in [2.75, 3.05) is 7.11 Å². The number of aromatic nitrogens is 1. The smallest absolute Gasteiger partial charge is 0.132 e. The Morgan fingerprint density at radius 2 is 2.06 bits per heavy atom. The van der Waals surface area contributed by atoms with E-state index in [0.29, 0.717) is 4.88 Å². The van der Waals surface area contributed by atoms with Crippen molar-refractivity contribution in [1.82, 2.24) is 4.98 Å². The van der Waals surface area contributed by atoms with Crippen molar-refractivity contribution in [2.24, 2.45) is 0 Å². The highest BCUT2D eigenvalue weighted by molar-refractivity contribution is 7.10. The lowest BCUT2D eigenvalue weighted by Crippen LogP contribution is -1.93. The minimum absolute atomic E-state index is 0.651. The lowest BCUT2D eigenvalue weighted by molar-refractivity contribution is 0.411. The van der Waals surface area contributed by atoms with Gasteiger partial charge in [-0.1, -0.05) is 0 Å². The average Bonchev–Trinajstić information content (AvgIpc) is 2.80. The van der Waals surface area contributed by atoms with Crippen LogP contribution < -0.4 is 4.74 Å². The maximum Gasteiger partial charge on any atom is 0.132 e. The Bertz CT molecular complexity index is 596. The SMILES string of the molecule is COc1ccc(-c2ncsc2C#N)c(C)c1C. The van der Waals surface area contributed by atoms with E-state index in [0.717, 1.165) is 28.1 Å². The summed E-state index contributed by atoms with van der Waals surface area (Å²) in [6.45, 7) is 4.03. The molecule has 0 aliphatic heterocycles. The molecular formula is C13H12N2OS. The molecule has 0 aliphatic carbocycles. The zero-order chi connectivity index (χ0) is 12.4. The molecule has 0 aliphatic rings. The van der Waals surface area contributed by atoms with Gasteiger partial charge in [0, 0.05) is 5.56 Å². The standard InChI is InChI=1S/C13H12N2OS/c1-8-9(2)11(16-3)5-4-10(8)13-12(6-14)17-7-15-13/h4-5,7H,1-3H3. The van der Waals surface area contributed by atoms with Crippen molar-refractivity contribution < 1.29 is 4.74 Å². The lowest BCUT2D eigenvalue weighted by atomic mass is 9.99. The van der Waals surface area contributed by atoms with Gasteiger partial charge in [-0.3, -0.25) is 0 Å². The van der Waals surface area contributed by atoms with Crippen LogP contribution in [0, 0.1) is 25.2 Å². The maximum absolute atomic E-state index is 9.03. The Morgan fingerprint density at radius 3 is 2.71 bits per heavy atom. The molecule has 1 aromatic heterocycles. The van der Waals surface area contributed by atoms with Crippen molar-refractivity contribution >= 4 is 11.3 Å². The molecule has 2 aromatic rings. The van der Waals surface area contributed by atoms with Crippen LogP contribution in [0.5, 0.6) is 5.75 Å². The first-order valence-electron chi connectivity index (χ1n) is 5.17. The number of rotatable bonds is 2. The van der Waals surface area contributed by atoms with Crippen LogP contribution in [-0.2, 0) is 0 Å². The molecule has 0 N–H and O–H groups in total. The molecule has 0 unspecified atom stereocenters. The van der Waals surface area contributed by atoms with Crippen LogP contribution >= 0.6 is 11.3 Å². The summed E-state index contributed by atoms with van der Waals surface area (Å²) in [6.07, 6.45) is 0. The number of ether oxygens (including phenoxy) is 1. The van der Waals surface area contributed by atoms with Gasteiger partial charge in [0.1, 0.15) is 16.7 Å². The van der Waals surface area contributed by atoms with Gasteiger partial charge < -0.3 is 4.74 Å². The third-order valence-corrected chi connectivity index (χ3v) is 3.61. The summed E-state index contributed by atoms with van der Waals surface area (Å²) in [5, 5.41) is 9.03. The van der Waals surface area contributed by atoms with E-state index in [2.05, 4.69) is 11.1 Å². The number of nitriles is 1. The van der Waals surface area contributed by atoms with Gasteiger partial charge >= 0.3 is 0 Å². The molecule has 17 heavy (non-hydrogen) atoms. The van der Waals surface area contributed by atoms with Crippen LogP contribution in [0.4, 0.5) is 0 Å². The van der Waals surface area contributed by atoms with Gasteiger partial charge in [0.05, 0.1) is 18.3 Å². The number of thiazole rings is 1. The van der Waals surface area contributed by atoms with Gasteiger partial charge in [0.25, 0.3) is 0 Å². The van der Waals surface area contributed by atoms with Crippen molar-refractivity contribution in [2.45, 2.75) is 13.8 Å². The highest BCUT2D eigenvalue weighted by Gasteiger charge is 2.13. The van der Waals surface area contributed by atoms with E-state index in [9.17, 15) is 0 Å². The molecule has 4 heteroatoms. The molecule has 2 rings (SSSR count). The van der Waals surface area contributed by atoms with Crippen LogP contribution in [0.1, 0.15) is 16.0 Å². The second-order valence-electron chi connectivity index (χ2n) is 3.71. The van der Waals surface area contributed by atoms with Crippen molar-refractivity contribution in [3.63, 3.8) is 0 Å². The second-order valence-corrected chi connectivity index (χ2v) is 4.56. The van der Waals surface area contributed by atoms with Gasteiger partial charge in [0.15, 0.2) is 0 Å². The Balaban J connectivity index is 2.62. The van der Waals surface area contributed by atoms with E-state index in [1.807, 2.05) is 26.0 Å². The van der Waals surface area contributed by atoms with Crippen LogP contribution in [0.15, 0.2) is 17.6 Å². The molecular weight excluding hydrogens is 232 g/mol. The van der Waals surface area contributed by atoms with Gasteiger partial charge in [-0.2, -0.15) is 5.26 Å². The molecule has 0 bridgehead atoms. The number of benzene rings is 1. The van der Waals surface area contributed by atoms with E-state index >= 15 is 0 Å². The number of methoxy groups -OCH3 is 1. The van der Waals surface area contributed by atoms with E-state index in [1.165, 1.54) is 11.3 Å². The van der Waals surface area contributed by atoms with E-state index in [1.54, 1.807) is 12.6 Å². The zero-order valence-corrected chi connectivity index (χ0v) is 10.8. The molecule has 0 atom stereocenters. The molecule has 0 spiro atoms. The van der Waals surface area contributed by atoms with E-state index in [4.69, 9.17) is 10.00 Å². The van der Waals surface area contributed by atoms with Gasteiger partial charge in [-0.25, -0.2) is 4.98 Å². The molecule has 1 heterocycles. The molecule has 3 nitrogen and oxygen atoms in total.